The van der Waals surface area contributed by atoms with Gasteiger partial charge in [-0.05, 0) is 34.1 Å². The highest BCUT2D eigenvalue weighted by Crippen LogP contribution is 2.24. The van der Waals surface area contributed by atoms with Crippen LogP contribution in [0.3, 0.4) is 0 Å². The van der Waals surface area contributed by atoms with Crippen LogP contribution in [-0.4, -0.2) is 9.78 Å². The minimum atomic E-state index is -0.191. The van der Waals surface area contributed by atoms with E-state index in [4.69, 9.17) is 10.3 Å². The van der Waals surface area contributed by atoms with Gasteiger partial charge in [-0.2, -0.15) is 5.10 Å². The van der Waals surface area contributed by atoms with Gasteiger partial charge in [-0.3, -0.25) is 10.5 Å². The highest BCUT2D eigenvalue weighted by molar-refractivity contribution is 9.10. The maximum atomic E-state index is 5.51. The summed E-state index contributed by atoms with van der Waals surface area (Å²) in [7, 11) is 1.86. The number of aryl methyl sites for hydroxylation is 1. The van der Waals surface area contributed by atoms with E-state index >= 15 is 0 Å². The fraction of sp³-hybridized carbons (Fsp3) is 0.222. The molecule has 0 radical (unpaired) electrons. The molecule has 2 aromatic heterocycles. The van der Waals surface area contributed by atoms with Gasteiger partial charge in [-0.15, -0.1) is 0 Å². The van der Waals surface area contributed by atoms with Crippen LogP contribution < -0.4 is 11.3 Å². The Bertz CT molecular complexity index is 450. The van der Waals surface area contributed by atoms with Gasteiger partial charge in [0.05, 0.1) is 5.69 Å². The van der Waals surface area contributed by atoms with E-state index < -0.39 is 0 Å². The van der Waals surface area contributed by atoms with Gasteiger partial charge in [0.1, 0.15) is 11.8 Å². The number of aromatic nitrogens is 2. The zero-order valence-corrected chi connectivity index (χ0v) is 9.73. The number of nitrogens with one attached hydrogen (secondary N) is 1. The predicted octanol–water partition coefficient (Wildman–Crippen LogP) is 1.33. The molecule has 0 aliphatic rings. The van der Waals surface area contributed by atoms with E-state index in [0.717, 1.165) is 11.5 Å². The molecular weight excluding hydrogens is 260 g/mol. The summed E-state index contributed by atoms with van der Waals surface area (Å²) in [5.41, 5.74) is 3.64. The molecular formula is C9H11BrN4O. The molecule has 0 amide bonds. The molecule has 0 saturated heterocycles. The number of hydrazine groups is 1. The molecule has 0 aromatic carbocycles. The summed E-state index contributed by atoms with van der Waals surface area (Å²) >= 11 is 3.25. The molecule has 2 rings (SSSR count). The summed E-state index contributed by atoms with van der Waals surface area (Å²) in [5.74, 6) is 6.25. The van der Waals surface area contributed by atoms with Crippen LogP contribution in [0, 0.1) is 0 Å². The molecule has 15 heavy (non-hydrogen) atoms. The monoisotopic (exact) mass is 270 g/mol. The summed E-state index contributed by atoms with van der Waals surface area (Å²) < 4.78 is 7.88. The maximum absolute atomic E-state index is 5.51. The second kappa shape index (κ2) is 4.18. The van der Waals surface area contributed by atoms with Crippen molar-refractivity contribution in [3.05, 3.63) is 40.5 Å². The number of nitrogens with two attached hydrogens (primary N) is 1. The minimum Gasteiger partial charge on any atom is -0.452 e. The average Bonchev–Trinajstić information content (AvgIpc) is 2.79. The number of nitrogens with zero attached hydrogens (tertiary/aromatic N) is 2. The van der Waals surface area contributed by atoms with Gasteiger partial charge >= 0.3 is 0 Å². The van der Waals surface area contributed by atoms with Crippen molar-refractivity contribution >= 4 is 15.9 Å². The van der Waals surface area contributed by atoms with Crippen LogP contribution in [0.2, 0.25) is 0 Å². The van der Waals surface area contributed by atoms with Crippen molar-refractivity contribution in [3.8, 4) is 0 Å². The van der Waals surface area contributed by atoms with E-state index in [9.17, 15) is 0 Å². The topological polar surface area (TPSA) is 69.0 Å². The molecule has 0 aliphatic heterocycles. The third-order valence-electron chi connectivity index (χ3n) is 2.20. The number of halogens is 1. The van der Waals surface area contributed by atoms with Gasteiger partial charge in [0, 0.05) is 13.2 Å². The van der Waals surface area contributed by atoms with Gasteiger partial charge in [0.15, 0.2) is 4.67 Å². The maximum Gasteiger partial charge on any atom is 0.169 e. The van der Waals surface area contributed by atoms with Gasteiger partial charge in [0.2, 0.25) is 0 Å². The van der Waals surface area contributed by atoms with E-state index in [1.165, 1.54) is 0 Å². The molecule has 0 bridgehead atoms. The summed E-state index contributed by atoms with van der Waals surface area (Å²) in [4.78, 5) is 0. The molecule has 1 atom stereocenters. The molecule has 3 N–H and O–H groups in total. The zero-order chi connectivity index (χ0) is 10.8. The number of hydrogen-bond donors (Lipinski definition) is 2. The first kappa shape index (κ1) is 10.4. The van der Waals surface area contributed by atoms with Crippen molar-refractivity contribution in [1.82, 2.24) is 15.2 Å². The first-order chi connectivity index (χ1) is 7.22. The highest BCUT2D eigenvalue weighted by atomic mass is 79.9. The summed E-state index contributed by atoms with van der Waals surface area (Å²) in [6.07, 6.45) is 1.72. The average molecular weight is 271 g/mol. The van der Waals surface area contributed by atoms with Crippen molar-refractivity contribution in [2.45, 2.75) is 6.04 Å². The van der Waals surface area contributed by atoms with Crippen molar-refractivity contribution in [1.29, 1.82) is 0 Å². The zero-order valence-electron chi connectivity index (χ0n) is 8.14. The lowest BCUT2D eigenvalue weighted by molar-refractivity contribution is 0.425. The molecule has 2 heterocycles. The van der Waals surface area contributed by atoms with Crippen LogP contribution in [0.1, 0.15) is 17.5 Å². The second-order valence-electron chi connectivity index (χ2n) is 3.12. The second-order valence-corrected chi connectivity index (χ2v) is 3.90. The lowest BCUT2D eigenvalue weighted by atomic mass is 10.1. The van der Waals surface area contributed by atoms with Crippen LogP contribution in [-0.2, 0) is 7.05 Å². The van der Waals surface area contributed by atoms with Gasteiger partial charge in [-0.25, -0.2) is 5.43 Å². The fourth-order valence-corrected chi connectivity index (χ4v) is 1.78. The lowest BCUT2D eigenvalue weighted by Gasteiger charge is -2.13. The molecule has 5 nitrogen and oxygen atoms in total. The van der Waals surface area contributed by atoms with Crippen LogP contribution >= 0.6 is 15.9 Å². The van der Waals surface area contributed by atoms with Gasteiger partial charge in [-0.1, -0.05) is 0 Å². The fourth-order valence-electron chi connectivity index (χ4n) is 1.46. The van der Waals surface area contributed by atoms with E-state index in [0.29, 0.717) is 4.67 Å². The highest BCUT2D eigenvalue weighted by Gasteiger charge is 2.18. The van der Waals surface area contributed by atoms with E-state index in [1.807, 2.05) is 25.2 Å². The summed E-state index contributed by atoms with van der Waals surface area (Å²) in [5, 5.41) is 4.09. The van der Waals surface area contributed by atoms with E-state index in [1.54, 1.807) is 10.9 Å². The number of furan rings is 1. The van der Waals surface area contributed by atoms with Crippen LogP contribution in [0.5, 0.6) is 0 Å². The van der Waals surface area contributed by atoms with Gasteiger partial charge < -0.3 is 4.42 Å². The van der Waals surface area contributed by atoms with Crippen molar-refractivity contribution in [2.24, 2.45) is 12.9 Å². The van der Waals surface area contributed by atoms with E-state index in [-0.39, 0.29) is 6.04 Å². The van der Waals surface area contributed by atoms with E-state index in [2.05, 4.69) is 26.5 Å². The molecule has 0 aliphatic carbocycles. The smallest absolute Gasteiger partial charge is 0.169 e. The third-order valence-corrected chi connectivity index (χ3v) is 2.63. The quantitative estimate of drug-likeness (QED) is 0.652. The van der Waals surface area contributed by atoms with Crippen LogP contribution in [0.4, 0.5) is 0 Å². The largest absolute Gasteiger partial charge is 0.452 e. The third kappa shape index (κ3) is 1.97. The van der Waals surface area contributed by atoms with Crippen molar-refractivity contribution in [3.63, 3.8) is 0 Å². The Kier molecular flexibility index (Phi) is 2.90. The van der Waals surface area contributed by atoms with Crippen molar-refractivity contribution < 1.29 is 4.42 Å². The number of hydrogen-bond acceptors (Lipinski definition) is 4. The molecule has 0 saturated carbocycles. The Morgan fingerprint density at radius 3 is 2.80 bits per heavy atom. The Hall–Kier alpha value is -1.11. The predicted molar refractivity (Wildman–Crippen MR) is 58.8 cm³/mol. The summed E-state index contributed by atoms with van der Waals surface area (Å²) in [6, 6.07) is 5.39. The normalized spacial score (nSPS) is 13.0. The molecule has 2 aromatic rings. The standard InChI is InChI=1S/C9H11BrN4O/c1-14-6(4-5-12-14)9(13-11)7-2-3-8(10)15-7/h2-5,9,13H,11H2,1H3. The SMILES string of the molecule is Cn1nccc1C(NN)c1ccc(Br)o1. The lowest BCUT2D eigenvalue weighted by Crippen LogP contribution is -2.30. The summed E-state index contributed by atoms with van der Waals surface area (Å²) in [6.45, 7) is 0. The van der Waals surface area contributed by atoms with Crippen molar-refractivity contribution in [2.75, 3.05) is 0 Å². The van der Waals surface area contributed by atoms with Crippen LogP contribution in [0.25, 0.3) is 0 Å². The Morgan fingerprint density at radius 1 is 1.53 bits per heavy atom. The molecule has 6 heteroatoms. The van der Waals surface area contributed by atoms with Gasteiger partial charge in [0.25, 0.3) is 0 Å². The molecule has 80 valence electrons. The van der Waals surface area contributed by atoms with Crippen LogP contribution in [0.15, 0.2) is 33.5 Å². The Balaban J connectivity index is 2.36. The molecule has 0 fully saturated rings. The Labute approximate surface area is 95.3 Å². The molecule has 0 spiro atoms. The first-order valence-electron chi connectivity index (χ1n) is 4.41. The minimum absolute atomic E-state index is 0.191. The number of rotatable bonds is 3. The molecule has 1 unspecified atom stereocenters. The Morgan fingerprint density at radius 2 is 2.33 bits per heavy atom. The first-order valence-corrected chi connectivity index (χ1v) is 5.21.